The molecule has 0 heteroatoms. The van der Waals surface area contributed by atoms with Crippen LogP contribution in [-0.2, 0) is 0 Å². The summed E-state index contributed by atoms with van der Waals surface area (Å²) in [6.07, 6.45) is 17.0. The second-order valence-electron chi connectivity index (χ2n) is 6.40. The van der Waals surface area contributed by atoms with Crippen LogP contribution in [0, 0.1) is 24.2 Å². The van der Waals surface area contributed by atoms with Gasteiger partial charge < -0.3 is 0 Å². The second kappa shape index (κ2) is 9.00. The Labute approximate surface area is 110 Å². The normalized spacial score (nSPS) is 25.4. The SMILES string of the molecule is CCCCCC[CH]CC1CCC(C(C)C)CC1. The number of rotatable bonds is 8. The molecule has 0 N–H and O–H groups in total. The van der Waals surface area contributed by atoms with Gasteiger partial charge in [-0.25, -0.2) is 0 Å². The summed E-state index contributed by atoms with van der Waals surface area (Å²) in [5, 5.41) is 0. The maximum absolute atomic E-state index is 2.58. The summed E-state index contributed by atoms with van der Waals surface area (Å²) >= 11 is 0. The molecule has 1 fully saturated rings. The first-order valence-corrected chi connectivity index (χ1v) is 8.05. The molecular formula is C17H33. The van der Waals surface area contributed by atoms with Crippen LogP contribution in [0.1, 0.15) is 85.0 Å². The third kappa shape index (κ3) is 6.48. The van der Waals surface area contributed by atoms with Crippen LogP contribution < -0.4 is 0 Å². The van der Waals surface area contributed by atoms with Crippen molar-refractivity contribution in [1.29, 1.82) is 0 Å². The van der Waals surface area contributed by atoms with E-state index in [1.807, 2.05) is 0 Å². The molecule has 0 heterocycles. The van der Waals surface area contributed by atoms with E-state index in [1.165, 1.54) is 64.2 Å². The monoisotopic (exact) mass is 237 g/mol. The predicted molar refractivity (Wildman–Crippen MR) is 78.0 cm³/mol. The van der Waals surface area contributed by atoms with E-state index < -0.39 is 0 Å². The first kappa shape index (κ1) is 15.1. The van der Waals surface area contributed by atoms with Gasteiger partial charge in [-0.2, -0.15) is 0 Å². The lowest BCUT2D eigenvalue weighted by Gasteiger charge is -2.30. The molecule has 0 atom stereocenters. The molecule has 1 aliphatic carbocycles. The van der Waals surface area contributed by atoms with E-state index in [0.717, 1.165) is 17.8 Å². The molecule has 0 nitrogen and oxygen atoms in total. The van der Waals surface area contributed by atoms with Crippen molar-refractivity contribution in [3.05, 3.63) is 6.42 Å². The van der Waals surface area contributed by atoms with Crippen LogP contribution >= 0.6 is 0 Å². The van der Waals surface area contributed by atoms with Gasteiger partial charge in [0, 0.05) is 0 Å². The summed E-state index contributed by atoms with van der Waals surface area (Å²) in [7, 11) is 0. The van der Waals surface area contributed by atoms with E-state index in [-0.39, 0.29) is 0 Å². The van der Waals surface area contributed by atoms with Gasteiger partial charge in [-0.1, -0.05) is 65.7 Å². The summed E-state index contributed by atoms with van der Waals surface area (Å²) in [6, 6.07) is 0. The molecule has 0 aliphatic heterocycles. The van der Waals surface area contributed by atoms with E-state index >= 15 is 0 Å². The molecule has 0 spiro atoms. The molecule has 0 saturated heterocycles. The molecule has 101 valence electrons. The third-order valence-electron chi connectivity index (χ3n) is 4.60. The maximum Gasteiger partial charge on any atom is -0.0383 e. The highest BCUT2D eigenvalue weighted by Gasteiger charge is 2.22. The first-order valence-electron chi connectivity index (χ1n) is 8.05. The van der Waals surface area contributed by atoms with Gasteiger partial charge in [0.05, 0.1) is 0 Å². The highest BCUT2D eigenvalue weighted by Crippen LogP contribution is 2.35. The van der Waals surface area contributed by atoms with Crippen LogP contribution in [-0.4, -0.2) is 0 Å². The van der Waals surface area contributed by atoms with Crippen LogP contribution in [0.2, 0.25) is 0 Å². The van der Waals surface area contributed by atoms with E-state index in [2.05, 4.69) is 27.2 Å². The van der Waals surface area contributed by atoms with Crippen molar-refractivity contribution in [3.63, 3.8) is 0 Å². The van der Waals surface area contributed by atoms with Gasteiger partial charge in [-0.05, 0) is 43.4 Å². The van der Waals surface area contributed by atoms with Crippen molar-refractivity contribution in [2.24, 2.45) is 17.8 Å². The van der Waals surface area contributed by atoms with Crippen LogP contribution in [0.3, 0.4) is 0 Å². The molecule has 0 aromatic carbocycles. The van der Waals surface area contributed by atoms with Gasteiger partial charge in [-0.3, -0.25) is 0 Å². The molecule has 0 aromatic heterocycles. The number of hydrogen-bond donors (Lipinski definition) is 0. The second-order valence-corrected chi connectivity index (χ2v) is 6.40. The Hall–Kier alpha value is 0. The van der Waals surface area contributed by atoms with Crippen LogP contribution in [0.5, 0.6) is 0 Å². The Balaban J connectivity index is 1.95. The summed E-state index contributed by atoms with van der Waals surface area (Å²) in [4.78, 5) is 0. The molecule has 0 amide bonds. The van der Waals surface area contributed by atoms with Gasteiger partial charge in [0.15, 0.2) is 0 Å². The standard InChI is InChI=1S/C17H33/c1-4-5-6-7-8-9-10-16-11-13-17(14-12-16)15(2)3/h9,15-17H,4-8,10-14H2,1-3H3. The molecule has 1 rings (SSSR count). The Morgan fingerprint density at radius 1 is 1.00 bits per heavy atom. The van der Waals surface area contributed by atoms with Gasteiger partial charge in [0.25, 0.3) is 0 Å². The lowest BCUT2D eigenvalue weighted by atomic mass is 9.75. The Kier molecular flexibility index (Phi) is 7.97. The summed E-state index contributed by atoms with van der Waals surface area (Å²) < 4.78 is 0. The average Bonchev–Trinajstić information content (AvgIpc) is 2.34. The van der Waals surface area contributed by atoms with Crippen molar-refractivity contribution < 1.29 is 0 Å². The van der Waals surface area contributed by atoms with E-state index in [1.54, 1.807) is 0 Å². The molecular weight excluding hydrogens is 204 g/mol. The lowest BCUT2D eigenvalue weighted by molar-refractivity contribution is 0.222. The van der Waals surface area contributed by atoms with E-state index in [4.69, 9.17) is 0 Å². The van der Waals surface area contributed by atoms with Gasteiger partial charge in [0.2, 0.25) is 0 Å². The summed E-state index contributed by atoms with van der Waals surface area (Å²) in [5.41, 5.74) is 0. The molecule has 0 unspecified atom stereocenters. The van der Waals surface area contributed by atoms with Crippen molar-refractivity contribution >= 4 is 0 Å². The fraction of sp³-hybridized carbons (Fsp3) is 0.941. The molecule has 1 radical (unpaired) electrons. The zero-order valence-corrected chi connectivity index (χ0v) is 12.4. The topological polar surface area (TPSA) is 0 Å². The predicted octanol–water partition coefficient (Wildman–Crippen LogP) is 6.01. The summed E-state index contributed by atoms with van der Waals surface area (Å²) in [5.74, 6) is 2.96. The third-order valence-corrected chi connectivity index (χ3v) is 4.60. The highest BCUT2D eigenvalue weighted by molar-refractivity contribution is 4.78. The average molecular weight is 237 g/mol. The minimum atomic E-state index is 0.911. The highest BCUT2D eigenvalue weighted by atomic mass is 14.3. The molecule has 1 saturated carbocycles. The van der Waals surface area contributed by atoms with E-state index in [0.29, 0.717) is 0 Å². The molecule has 17 heavy (non-hydrogen) atoms. The lowest BCUT2D eigenvalue weighted by Crippen LogP contribution is -2.18. The van der Waals surface area contributed by atoms with E-state index in [9.17, 15) is 0 Å². The Bertz CT molecular complexity index is 163. The van der Waals surface area contributed by atoms with Crippen LogP contribution in [0.15, 0.2) is 0 Å². The smallest absolute Gasteiger partial charge is 0.0383 e. The Morgan fingerprint density at radius 2 is 1.71 bits per heavy atom. The van der Waals surface area contributed by atoms with Crippen LogP contribution in [0.25, 0.3) is 0 Å². The summed E-state index contributed by atoms with van der Waals surface area (Å²) in [6.45, 7) is 7.08. The molecule has 0 aromatic rings. The Morgan fingerprint density at radius 3 is 2.29 bits per heavy atom. The zero-order chi connectivity index (χ0) is 12.5. The fourth-order valence-corrected chi connectivity index (χ4v) is 3.16. The van der Waals surface area contributed by atoms with Gasteiger partial charge in [-0.15, -0.1) is 0 Å². The van der Waals surface area contributed by atoms with Crippen molar-refractivity contribution in [1.82, 2.24) is 0 Å². The molecule has 1 aliphatic rings. The maximum atomic E-state index is 2.58. The molecule has 0 bridgehead atoms. The van der Waals surface area contributed by atoms with Crippen molar-refractivity contribution in [2.75, 3.05) is 0 Å². The first-order chi connectivity index (χ1) is 8.24. The van der Waals surface area contributed by atoms with Crippen LogP contribution in [0.4, 0.5) is 0 Å². The minimum Gasteiger partial charge on any atom is -0.0654 e. The largest absolute Gasteiger partial charge is 0.0654 e. The zero-order valence-electron chi connectivity index (χ0n) is 12.4. The van der Waals surface area contributed by atoms with Crippen molar-refractivity contribution in [3.8, 4) is 0 Å². The van der Waals surface area contributed by atoms with Gasteiger partial charge >= 0.3 is 0 Å². The fourth-order valence-electron chi connectivity index (χ4n) is 3.16. The number of hydrogen-bond acceptors (Lipinski definition) is 0. The van der Waals surface area contributed by atoms with Crippen molar-refractivity contribution in [2.45, 2.75) is 85.0 Å². The van der Waals surface area contributed by atoms with Gasteiger partial charge in [0.1, 0.15) is 0 Å². The number of unbranched alkanes of at least 4 members (excludes halogenated alkanes) is 5. The minimum absolute atomic E-state index is 0.911. The quantitative estimate of drug-likeness (QED) is 0.453.